The first kappa shape index (κ1) is 12.6. The van der Waals surface area contributed by atoms with Crippen LogP contribution in [0.1, 0.15) is 0 Å². The van der Waals surface area contributed by atoms with Gasteiger partial charge in [-0.1, -0.05) is 11.8 Å². The average Bonchev–Trinajstić information content (AvgIpc) is 2.78. The Bertz CT molecular complexity index is 585. The molecular weight excluding hydrogens is 260 g/mol. The lowest BCUT2D eigenvalue weighted by Crippen LogP contribution is -2.13. The van der Waals surface area contributed by atoms with Crippen LogP contribution >= 0.6 is 11.8 Å². The van der Waals surface area contributed by atoms with E-state index < -0.39 is 17.5 Å². The third kappa shape index (κ3) is 2.67. The van der Waals surface area contributed by atoms with Crippen molar-refractivity contribution in [3.8, 4) is 5.69 Å². The molecule has 1 aromatic heterocycles. The summed E-state index contributed by atoms with van der Waals surface area (Å²) in [6.07, 6.45) is 3.10. The number of nitrogens with zero attached hydrogens (tertiary/aromatic N) is 2. The average molecular weight is 269 g/mol. The van der Waals surface area contributed by atoms with E-state index in [4.69, 9.17) is 5.73 Å². The molecule has 0 bridgehead atoms. The summed E-state index contributed by atoms with van der Waals surface area (Å²) in [4.78, 5) is 14.7. The zero-order chi connectivity index (χ0) is 13.1. The molecule has 0 radical (unpaired) electrons. The number of primary amides is 1. The minimum Gasteiger partial charge on any atom is -0.369 e. The maximum atomic E-state index is 13.1. The van der Waals surface area contributed by atoms with Gasteiger partial charge in [0.15, 0.2) is 16.8 Å². The van der Waals surface area contributed by atoms with E-state index in [-0.39, 0.29) is 5.75 Å². The Morgan fingerprint density at radius 3 is 2.83 bits per heavy atom. The largest absolute Gasteiger partial charge is 0.369 e. The molecule has 0 aliphatic carbocycles. The Morgan fingerprint density at radius 2 is 2.17 bits per heavy atom. The molecule has 1 amide bonds. The second-order valence-corrected chi connectivity index (χ2v) is 4.38. The van der Waals surface area contributed by atoms with E-state index >= 15 is 0 Å². The Morgan fingerprint density at radius 1 is 1.39 bits per heavy atom. The highest BCUT2D eigenvalue weighted by molar-refractivity contribution is 7.99. The van der Waals surface area contributed by atoms with Crippen LogP contribution in [-0.2, 0) is 4.79 Å². The van der Waals surface area contributed by atoms with Crippen LogP contribution in [0.25, 0.3) is 5.69 Å². The van der Waals surface area contributed by atoms with Crippen molar-refractivity contribution < 1.29 is 13.6 Å². The summed E-state index contributed by atoms with van der Waals surface area (Å²) in [5, 5.41) is 0.486. The van der Waals surface area contributed by atoms with Crippen molar-refractivity contribution in [3.05, 3.63) is 42.2 Å². The number of rotatable bonds is 4. The number of hydrogen-bond donors (Lipinski definition) is 1. The van der Waals surface area contributed by atoms with Gasteiger partial charge in [-0.3, -0.25) is 9.36 Å². The van der Waals surface area contributed by atoms with Crippen molar-refractivity contribution >= 4 is 17.7 Å². The first-order valence-corrected chi connectivity index (χ1v) is 5.96. The quantitative estimate of drug-likeness (QED) is 0.860. The molecule has 18 heavy (non-hydrogen) atoms. The second kappa shape index (κ2) is 5.18. The summed E-state index contributed by atoms with van der Waals surface area (Å²) in [5.41, 5.74) is 5.46. The van der Waals surface area contributed by atoms with E-state index in [1.54, 1.807) is 10.8 Å². The van der Waals surface area contributed by atoms with Gasteiger partial charge in [0.2, 0.25) is 5.91 Å². The Labute approximate surface area is 106 Å². The molecule has 0 saturated heterocycles. The van der Waals surface area contributed by atoms with Crippen molar-refractivity contribution in [2.45, 2.75) is 5.16 Å². The predicted octanol–water partition coefficient (Wildman–Crippen LogP) is 1.73. The highest BCUT2D eigenvalue weighted by Gasteiger charge is 2.09. The maximum absolute atomic E-state index is 13.1. The molecule has 7 heteroatoms. The maximum Gasteiger partial charge on any atom is 0.227 e. The molecule has 2 aromatic rings. The van der Waals surface area contributed by atoms with Crippen molar-refractivity contribution in [1.82, 2.24) is 9.55 Å². The molecule has 94 valence electrons. The van der Waals surface area contributed by atoms with Gasteiger partial charge in [-0.15, -0.1) is 0 Å². The molecular formula is C11H9F2N3OS. The molecule has 0 fully saturated rings. The minimum atomic E-state index is -0.938. The van der Waals surface area contributed by atoms with Crippen molar-refractivity contribution in [2.24, 2.45) is 5.73 Å². The van der Waals surface area contributed by atoms with Gasteiger partial charge in [-0.05, 0) is 12.1 Å². The van der Waals surface area contributed by atoms with Crippen LogP contribution in [0.2, 0.25) is 0 Å². The molecule has 0 spiro atoms. The molecule has 0 aliphatic heterocycles. The van der Waals surface area contributed by atoms with Crippen LogP contribution in [0.15, 0.2) is 35.7 Å². The monoisotopic (exact) mass is 269 g/mol. The molecule has 1 aromatic carbocycles. The van der Waals surface area contributed by atoms with Crippen molar-refractivity contribution in [1.29, 1.82) is 0 Å². The van der Waals surface area contributed by atoms with Gasteiger partial charge >= 0.3 is 0 Å². The van der Waals surface area contributed by atoms with Gasteiger partial charge in [0.25, 0.3) is 0 Å². The van der Waals surface area contributed by atoms with Gasteiger partial charge in [-0.25, -0.2) is 13.8 Å². The standard InChI is InChI=1S/C11H9F2N3OS/c12-8-2-1-7(5-9(8)13)16-4-3-15-11(16)18-6-10(14)17/h1-5H,6H2,(H2,14,17). The number of halogens is 2. The van der Waals surface area contributed by atoms with Crippen molar-refractivity contribution in [3.63, 3.8) is 0 Å². The van der Waals surface area contributed by atoms with E-state index in [2.05, 4.69) is 4.98 Å². The number of carbonyl (C=O) groups is 1. The molecule has 0 aliphatic rings. The van der Waals surface area contributed by atoms with Crippen LogP contribution < -0.4 is 5.73 Å². The Hall–Kier alpha value is -1.89. The van der Waals surface area contributed by atoms with Crippen LogP contribution in [0.5, 0.6) is 0 Å². The zero-order valence-corrected chi connectivity index (χ0v) is 9.95. The van der Waals surface area contributed by atoms with E-state index in [0.717, 1.165) is 23.9 Å². The van der Waals surface area contributed by atoms with Gasteiger partial charge in [0, 0.05) is 18.5 Å². The fourth-order valence-electron chi connectivity index (χ4n) is 1.36. The summed E-state index contributed by atoms with van der Waals surface area (Å²) >= 11 is 1.13. The van der Waals surface area contributed by atoms with Crippen LogP contribution in [0.3, 0.4) is 0 Å². The first-order valence-electron chi connectivity index (χ1n) is 4.98. The summed E-state index contributed by atoms with van der Waals surface area (Å²) in [6, 6.07) is 3.52. The third-order valence-electron chi connectivity index (χ3n) is 2.13. The summed E-state index contributed by atoms with van der Waals surface area (Å²) in [7, 11) is 0. The summed E-state index contributed by atoms with van der Waals surface area (Å²) in [6.45, 7) is 0. The number of amides is 1. The molecule has 4 nitrogen and oxygen atoms in total. The molecule has 2 rings (SSSR count). The Balaban J connectivity index is 2.30. The fraction of sp³-hybridized carbons (Fsp3) is 0.0909. The first-order chi connectivity index (χ1) is 8.58. The zero-order valence-electron chi connectivity index (χ0n) is 9.14. The highest BCUT2D eigenvalue weighted by Crippen LogP contribution is 2.21. The summed E-state index contributed by atoms with van der Waals surface area (Å²) in [5.74, 6) is -2.25. The number of carbonyl (C=O) groups excluding carboxylic acids is 1. The summed E-state index contributed by atoms with van der Waals surface area (Å²) < 4.78 is 27.5. The minimum absolute atomic E-state index is 0.0701. The molecule has 0 unspecified atom stereocenters. The van der Waals surface area contributed by atoms with E-state index in [1.165, 1.54) is 12.3 Å². The number of imidazole rings is 1. The number of thioether (sulfide) groups is 1. The second-order valence-electron chi connectivity index (χ2n) is 3.43. The number of hydrogen-bond acceptors (Lipinski definition) is 3. The van der Waals surface area contributed by atoms with Crippen LogP contribution in [0.4, 0.5) is 8.78 Å². The topological polar surface area (TPSA) is 60.9 Å². The normalized spacial score (nSPS) is 10.6. The molecule has 2 N–H and O–H groups in total. The van der Waals surface area contributed by atoms with Gasteiger partial charge in [-0.2, -0.15) is 0 Å². The molecule has 0 saturated carbocycles. The lowest BCUT2D eigenvalue weighted by Gasteiger charge is -2.07. The van der Waals surface area contributed by atoms with Gasteiger partial charge in [0.05, 0.1) is 11.4 Å². The highest BCUT2D eigenvalue weighted by atomic mass is 32.2. The van der Waals surface area contributed by atoms with E-state index in [9.17, 15) is 13.6 Å². The van der Waals surface area contributed by atoms with Crippen molar-refractivity contribution in [2.75, 3.05) is 5.75 Å². The third-order valence-corrected chi connectivity index (χ3v) is 3.12. The number of aromatic nitrogens is 2. The molecule has 1 heterocycles. The smallest absolute Gasteiger partial charge is 0.227 e. The number of benzene rings is 1. The van der Waals surface area contributed by atoms with Gasteiger partial charge in [0.1, 0.15) is 0 Å². The van der Waals surface area contributed by atoms with Crippen LogP contribution in [-0.4, -0.2) is 21.2 Å². The fourth-order valence-corrected chi connectivity index (χ4v) is 2.08. The van der Waals surface area contributed by atoms with E-state index in [1.807, 2.05) is 0 Å². The number of nitrogens with two attached hydrogens (primary N) is 1. The van der Waals surface area contributed by atoms with Crippen LogP contribution in [0, 0.1) is 11.6 Å². The van der Waals surface area contributed by atoms with E-state index in [0.29, 0.717) is 10.8 Å². The lowest BCUT2D eigenvalue weighted by atomic mass is 10.3. The SMILES string of the molecule is NC(=O)CSc1nccn1-c1ccc(F)c(F)c1. The predicted molar refractivity (Wildman–Crippen MR) is 63.4 cm³/mol. The lowest BCUT2D eigenvalue weighted by molar-refractivity contribution is -0.115. The Kier molecular flexibility index (Phi) is 3.61. The molecule has 0 atom stereocenters. The van der Waals surface area contributed by atoms with Gasteiger partial charge < -0.3 is 5.73 Å².